The summed E-state index contributed by atoms with van der Waals surface area (Å²) in [4.78, 5) is 20.5. The Balaban J connectivity index is 2.12. The third kappa shape index (κ3) is 2.79. The predicted molar refractivity (Wildman–Crippen MR) is 71.3 cm³/mol. The van der Waals surface area contributed by atoms with Crippen LogP contribution in [0, 0.1) is 0 Å². The van der Waals surface area contributed by atoms with Crippen LogP contribution in [0.2, 0.25) is 0 Å². The van der Waals surface area contributed by atoms with Gasteiger partial charge < -0.3 is 15.5 Å². The minimum absolute atomic E-state index is 0.00773. The van der Waals surface area contributed by atoms with Gasteiger partial charge in [0.1, 0.15) is 11.5 Å². The van der Waals surface area contributed by atoms with Crippen LogP contribution in [-0.4, -0.2) is 53.9 Å². The zero-order chi connectivity index (χ0) is 13.1. The Hall–Kier alpha value is -1.62. The van der Waals surface area contributed by atoms with Crippen molar-refractivity contribution in [3.63, 3.8) is 0 Å². The molecule has 0 bridgehead atoms. The Bertz CT molecular complexity index is 433. The molecule has 2 rings (SSSR count). The van der Waals surface area contributed by atoms with Crippen LogP contribution in [0.3, 0.4) is 0 Å². The number of carbonyl (C=O) groups excluding carboxylic acids is 1. The molecule has 1 fully saturated rings. The van der Waals surface area contributed by atoms with Gasteiger partial charge in [-0.15, -0.1) is 0 Å². The van der Waals surface area contributed by atoms with Crippen LogP contribution in [0.25, 0.3) is 0 Å². The van der Waals surface area contributed by atoms with Gasteiger partial charge in [-0.1, -0.05) is 6.07 Å². The van der Waals surface area contributed by atoms with E-state index < -0.39 is 0 Å². The summed E-state index contributed by atoms with van der Waals surface area (Å²) in [5, 5.41) is 0. The van der Waals surface area contributed by atoms with E-state index in [1.165, 1.54) is 0 Å². The van der Waals surface area contributed by atoms with Crippen molar-refractivity contribution in [2.24, 2.45) is 0 Å². The molecule has 0 aromatic carbocycles. The predicted octanol–water partition coefficient (Wildman–Crippen LogP) is 0.830. The van der Waals surface area contributed by atoms with Gasteiger partial charge in [-0.2, -0.15) is 0 Å². The van der Waals surface area contributed by atoms with Crippen molar-refractivity contribution >= 4 is 11.7 Å². The second-order valence-electron chi connectivity index (χ2n) is 5.00. The number of anilines is 1. The molecule has 5 heteroatoms. The number of aromatic nitrogens is 1. The second-order valence-corrected chi connectivity index (χ2v) is 5.00. The first-order valence-corrected chi connectivity index (χ1v) is 6.26. The number of hydrogen-bond acceptors (Lipinski definition) is 4. The smallest absolute Gasteiger partial charge is 0.272 e. The van der Waals surface area contributed by atoms with E-state index in [4.69, 9.17) is 5.73 Å². The molecule has 2 heterocycles. The number of hydrogen-bond donors (Lipinski definition) is 1. The average molecular weight is 248 g/mol. The van der Waals surface area contributed by atoms with E-state index in [9.17, 15) is 4.79 Å². The molecule has 1 saturated heterocycles. The van der Waals surface area contributed by atoms with E-state index >= 15 is 0 Å². The Labute approximate surface area is 108 Å². The molecular weight excluding hydrogens is 228 g/mol. The van der Waals surface area contributed by atoms with Gasteiger partial charge in [0.2, 0.25) is 0 Å². The maximum absolute atomic E-state index is 12.4. The summed E-state index contributed by atoms with van der Waals surface area (Å²) in [6, 6.07) is 5.48. The number of nitrogen functional groups attached to an aromatic ring is 1. The van der Waals surface area contributed by atoms with Crippen LogP contribution in [0.1, 0.15) is 23.3 Å². The first-order valence-electron chi connectivity index (χ1n) is 6.26. The van der Waals surface area contributed by atoms with Gasteiger partial charge in [0.05, 0.1) is 0 Å². The van der Waals surface area contributed by atoms with Crippen LogP contribution in [0.4, 0.5) is 5.82 Å². The number of amides is 1. The normalized spacial score (nSPS) is 19.5. The molecule has 0 saturated carbocycles. The molecule has 1 unspecified atom stereocenters. The first-order chi connectivity index (χ1) is 8.58. The molecule has 0 aliphatic carbocycles. The molecule has 1 amide bonds. The molecule has 5 nitrogen and oxygen atoms in total. The molecule has 1 aliphatic rings. The van der Waals surface area contributed by atoms with E-state index in [1.54, 1.807) is 18.2 Å². The van der Waals surface area contributed by atoms with Gasteiger partial charge in [-0.3, -0.25) is 4.79 Å². The van der Waals surface area contributed by atoms with Crippen LogP contribution in [0.5, 0.6) is 0 Å². The lowest BCUT2D eigenvalue weighted by Gasteiger charge is -2.26. The fraction of sp³-hybridized carbons (Fsp3) is 0.538. The van der Waals surface area contributed by atoms with E-state index in [1.807, 2.05) is 19.0 Å². The summed E-state index contributed by atoms with van der Waals surface area (Å²) < 4.78 is 0. The lowest BCUT2D eigenvalue weighted by molar-refractivity contribution is 0.0710. The highest BCUT2D eigenvalue weighted by Crippen LogP contribution is 2.20. The van der Waals surface area contributed by atoms with Crippen molar-refractivity contribution in [3.8, 4) is 0 Å². The van der Waals surface area contributed by atoms with Crippen LogP contribution < -0.4 is 5.73 Å². The SMILES string of the molecule is CN(C)CC1CCCN1C(=O)c1cccc(N)n1. The fourth-order valence-corrected chi connectivity index (χ4v) is 2.43. The average Bonchev–Trinajstić information content (AvgIpc) is 2.75. The van der Waals surface area contributed by atoms with E-state index in [2.05, 4.69) is 9.88 Å². The van der Waals surface area contributed by atoms with Gasteiger partial charge in [0.15, 0.2) is 0 Å². The summed E-state index contributed by atoms with van der Waals surface area (Å²) >= 11 is 0. The molecule has 1 aromatic rings. The van der Waals surface area contributed by atoms with Gasteiger partial charge in [0, 0.05) is 19.1 Å². The summed E-state index contributed by atoms with van der Waals surface area (Å²) in [5.74, 6) is 0.385. The summed E-state index contributed by atoms with van der Waals surface area (Å²) in [7, 11) is 4.06. The molecule has 1 aliphatic heterocycles. The highest BCUT2D eigenvalue weighted by atomic mass is 16.2. The van der Waals surface area contributed by atoms with Crippen molar-refractivity contribution in [1.82, 2.24) is 14.8 Å². The highest BCUT2D eigenvalue weighted by molar-refractivity contribution is 5.93. The summed E-state index contributed by atoms with van der Waals surface area (Å²) in [6.07, 6.45) is 2.12. The molecular formula is C13H20N4O. The molecule has 2 N–H and O–H groups in total. The maximum Gasteiger partial charge on any atom is 0.272 e. The highest BCUT2D eigenvalue weighted by Gasteiger charge is 2.30. The van der Waals surface area contributed by atoms with Gasteiger partial charge >= 0.3 is 0 Å². The monoisotopic (exact) mass is 248 g/mol. The van der Waals surface area contributed by atoms with Crippen molar-refractivity contribution in [3.05, 3.63) is 23.9 Å². The minimum atomic E-state index is -0.00773. The molecule has 18 heavy (non-hydrogen) atoms. The Morgan fingerprint density at radius 1 is 1.56 bits per heavy atom. The quantitative estimate of drug-likeness (QED) is 0.860. The third-order valence-electron chi connectivity index (χ3n) is 3.20. The van der Waals surface area contributed by atoms with Crippen molar-refractivity contribution in [1.29, 1.82) is 0 Å². The fourth-order valence-electron chi connectivity index (χ4n) is 2.43. The number of nitrogens with zero attached hydrogens (tertiary/aromatic N) is 3. The second kappa shape index (κ2) is 5.35. The molecule has 1 atom stereocenters. The zero-order valence-electron chi connectivity index (χ0n) is 11.0. The van der Waals surface area contributed by atoms with Crippen LogP contribution in [0.15, 0.2) is 18.2 Å². The molecule has 98 valence electrons. The molecule has 0 spiro atoms. The lowest BCUT2D eigenvalue weighted by Crippen LogP contribution is -2.41. The number of nitrogens with two attached hydrogens (primary N) is 1. The minimum Gasteiger partial charge on any atom is -0.384 e. The maximum atomic E-state index is 12.4. The van der Waals surface area contributed by atoms with Crippen molar-refractivity contribution in [2.45, 2.75) is 18.9 Å². The summed E-state index contributed by atoms with van der Waals surface area (Å²) in [5.41, 5.74) is 6.07. The van der Waals surface area contributed by atoms with E-state index in [-0.39, 0.29) is 11.9 Å². The van der Waals surface area contributed by atoms with Crippen LogP contribution in [-0.2, 0) is 0 Å². The number of likely N-dealkylation sites (tertiary alicyclic amines) is 1. The van der Waals surface area contributed by atoms with Crippen molar-refractivity contribution in [2.75, 3.05) is 32.9 Å². The van der Waals surface area contributed by atoms with Gasteiger partial charge in [-0.25, -0.2) is 4.98 Å². The third-order valence-corrected chi connectivity index (χ3v) is 3.20. The number of rotatable bonds is 3. The van der Waals surface area contributed by atoms with Gasteiger partial charge in [0.25, 0.3) is 5.91 Å². The van der Waals surface area contributed by atoms with Gasteiger partial charge in [-0.05, 0) is 39.1 Å². The largest absolute Gasteiger partial charge is 0.384 e. The number of carbonyl (C=O) groups is 1. The number of likely N-dealkylation sites (N-methyl/N-ethyl adjacent to an activating group) is 1. The standard InChI is InChI=1S/C13H20N4O/c1-16(2)9-10-5-4-8-17(10)13(18)11-6-3-7-12(14)15-11/h3,6-7,10H,4-5,8-9H2,1-2H3,(H2,14,15). The van der Waals surface area contributed by atoms with E-state index in [0.717, 1.165) is 25.9 Å². The molecule has 1 aromatic heterocycles. The topological polar surface area (TPSA) is 62.5 Å². The lowest BCUT2D eigenvalue weighted by atomic mass is 10.2. The summed E-state index contributed by atoms with van der Waals surface area (Å²) in [6.45, 7) is 1.71. The Morgan fingerprint density at radius 2 is 2.33 bits per heavy atom. The van der Waals surface area contributed by atoms with Crippen LogP contribution >= 0.6 is 0 Å². The first kappa shape index (κ1) is 12.8. The van der Waals surface area contributed by atoms with E-state index in [0.29, 0.717) is 11.5 Å². The number of pyridine rings is 1. The zero-order valence-corrected chi connectivity index (χ0v) is 11.0. The Morgan fingerprint density at radius 3 is 3.00 bits per heavy atom. The van der Waals surface area contributed by atoms with Crippen molar-refractivity contribution < 1.29 is 4.79 Å². The Kier molecular flexibility index (Phi) is 3.81. The molecule has 0 radical (unpaired) electrons.